The number of benzene rings is 2. The van der Waals surface area contributed by atoms with E-state index in [9.17, 15) is 5.11 Å². The SMILES string of the molecule is COc1ccc(-c2cnc(COc3ccccc3CO)o2)cc1. The summed E-state index contributed by atoms with van der Waals surface area (Å²) in [4.78, 5) is 4.22. The number of ether oxygens (including phenoxy) is 2. The summed E-state index contributed by atoms with van der Waals surface area (Å²) < 4.78 is 16.5. The standard InChI is InChI=1S/C18H17NO4/c1-21-15-8-6-13(7-9-15)17-10-19-18(23-17)12-22-16-5-3-2-4-14(16)11-20/h2-10,20H,11-12H2,1H3. The molecule has 0 aliphatic rings. The molecule has 0 aliphatic heterocycles. The van der Waals surface area contributed by atoms with Gasteiger partial charge in [0.15, 0.2) is 12.4 Å². The number of aliphatic hydroxyl groups is 1. The van der Waals surface area contributed by atoms with E-state index in [4.69, 9.17) is 13.9 Å². The second-order valence-corrected chi connectivity index (χ2v) is 4.90. The molecule has 0 atom stereocenters. The topological polar surface area (TPSA) is 64.7 Å². The molecule has 5 nitrogen and oxygen atoms in total. The van der Waals surface area contributed by atoms with Gasteiger partial charge in [-0.1, -0.05) is 18.2 Å². The minimum Gasteiger partial charge on any atom is -0.497 e. The molecule has 0 aliphatic carbocycles. The van der Waals surface area contributed by atoms with Crippen LogP contribution in [0.3, 0.4) is 0 Å². The van der Waals surface area contributed by atoms with Crippen molar-refractivity contribution >= 4 is 0 Å². The van der Waals surface area contributed by atoms with Crippen LogP contribution in [0, 0.1) is 0 Å². The molecule has 0 fully saturated rings. The molecule has 2 aromatic carbocycles. The quantitative estimate of drug-likeness (QED) is 0.755. The van der Waals surface area contributed by atoms with Crippen LogP contribution in [-0.4, -0.2) is 17.2 Å². The number of hydrogen-bond donors (Lipinski definition) is 1. The number of methoxy groups -OCH3 is 1. The molecule has 0 amide bonds. The van der Waals surface area contributed by atoms with Crippen LogP contribution in [0.25, 0.3) is 11.3 Å². The van der Waals surface area contributed by atoms with E-state index in [0.29, 0.717) is 17.4 Å². The van der Waals surface area contributed by atoms with Crippen LogP contribution in [0.1, 0.15) is 11.5 Å². The van der Waals surface area contributed by atoms with Gasteiger partial charge in [-0.25, -0.2) is 4.98 Å². The predicted molar refractivity (Wildman–Crippen MR) is 85.2 cm³/mol. The van der Waals surface area contributed by atoms with E-state index in [1.54, 1.807) is 19.4 Å². The molecule has 0 radical (unpaired) electrons. The molecule has 1 aromatic heterocycles. The average Bonchev–Trinajstić information content (AvgIpc) is 3.09. The molecule has 5 heteroatoms. The third-order valence-corrected chi connectivity index (χ3v) is 3.42. The number of nitrogens with zero attached hydrogens (tertiary/aromatic N) is 1. The maximum absolute atomic E-state index is 9.28. The van der Waals surface area contributed by atoms with Crippen LogP contribution in [0.15, 0.2) is 59.1 Å². The molecule has 0 bridgehead atoms. The molecular weight excluding hydrogens is 294 g/mol. The Bertz CT molecular complexity index is 765. The average molecular weight is 311 g/mol. The smallest absolute Gasteiger partial charge is 0.232 e. The number of hydrogen-bond acceptors (Lipinski definition) is 5. The Kier molecular flexibility index (Phi) is 4.59. The fraction of sp³-hybridized carbons (Fsp3) is 0.167. The summed E-state index contributed by atoms with van der Waals surface area (Å²) >= 11 is 0. The van der Waals surface area contributed by atoms with Gasteiger partial charge in [-0.05, 0) is 30.3 Å². The van der Waals surface area contributed by atoms with E-state index >= 15 is 0 Å². The third-order valence-electron chi connectivity index (χ3n) is 3.42. The maximum atomic E-state index is 9.28. The Morgan fingerprint density at radius 3 is 2.61 bits per heavy atom. The van der Waals surface area contributed by atoms with Crippen LogP contribution in [0.5, 0.6) is 11.5 Å². The summed E-state index contributed by atoms with van der Waals surface area (Å²) in [6.45, 7) is 0.131. The lowest BCUT2D eigenvalue weighted by molar-refractivity contribution is 0.242. The van der Waals surface area contributed by atoms with Gasteiger partial charge in [0.25, 0.3) is 0 Å². The van der Waals surface area contributed by atoms with Crippen molar-refractivity contribution in [3.63, 3.8) is 0 Å². The highest BCUT2D eigenvalue weighted by Crippen LogP contribution is 2.24. The lowest BCUT2D eigenvalue weighted by Crippen LogP contribution is -1.98. The Hall–Kier alpha value is -2.79. The molecule has 0 unspecified atom stereocenters. The summed E-state index contributed by atoms with van der Waals surface area (Å²) in [6, 6.07) is 14.9. The minimum atomic E-state index is -0.0706. The minimum absolute atomic E-state index is 0.0706. The van der Waals surface area contributed by atoms with Crippen molar-refractivity contribution in [2.45, 2.75) is 13.2 Å². The van der Waals surface area contributed by atoms with Gasteiger partial charge in [0.05, 0.1) is 19.9 Å². The zero-order valence-electron chi connectivity index (χ0n) is 12.7. The molecule has 23 heavy (non-hydrogen) atoms. The monoisotopic (exact) mass is 311 g/mol. The zero-order valence-corrected chi connectivity index (χ0v) is 12.7. The first kappa shape index (κ1) is 15.1. The van der Waals surface area contributed by atoms with Crippen molar-refractivity contribution < 1.29 is 19.0 Å². The highest BCUT2D eigenvalue weighted by molar-refractivity contribution is 5.57. The molecule has 3 rings (SSSR count). The predicted octanol–water partition coefficient (Wildman–Crippen LogP) is 3.42. The Labute approximate surface area is 134 Å². The highest BCUT2D eigenvalue weighted by Gasteiger charge is 2.08. The first-order chi connectivity index (χ1) is 11.3. The van der Waals surface area contributed by atoms with Gasteiger partial charge in [0, 0.05) is 11.1 Å². The highest BCUT2D eigenvalue weighted by atomic mass is 16.5. The van der Waals surface area contributed by atoms with Crippen molar-refractivity contribution in [1.82, 2.24) is 4.98 Å². The van der Waals surface area contributed by atoms with Gasteiger partial charge in [0.1, 0.15) is 11.5 Å². The third kappa shape index (κ3) is 3.52. The fourth-order valence-electron chi connectivity index (χ4n) is 2.18. The Morgan fingerprint density at radius 2 is 1.87 bits per heavy atom. The number of rotatable bonds is 6. The number of oxazole rings is 1. The molecule has 1 heterocycles. The van der Waals surface area contributed by atoms with Gasteiger partial charge in [0.2, 0.25) is 5.89 Å². The van der Waals surface area contributed by atoms with Crippen molar-refractivity contribution in [2.24, 2.45) is 0 Å². The van der Waals surface area contributed by atoms with Crippen molar-refractivity contribution in [1.29, 1.82) is 0 Å². The molecular formula is C18H17NO4. The summed E-state index contributed by atoms with van der Waals surface area (Å²) in [5, 5.41) is 9.28. The zero-order chi connectivity index (χ0) is 16.1. The number of aliphatic hydroxyl groups excluding tert-OH is 1. The van der Waals surface area contributed by atoms with E-state index < -0.39 is 0 Å². The van der Waals surface area contributed by atoms with Crippen LogP contribution in [0.2, 0.25) is 0 Å². The maximum Gasteiger partial charge on any atom is 0.232 e. The lowest BCUT2D eigenvalue weighted by Gasteiger charge is -2.07. The number of para-hydroxylation sites is 1. The fourth-order valence-corrected chi connectivity index (χ4v) is 2.18. The Balaban J connectivity index is 1.69. The molecule has 0 saturated heterocycles. The van der Waals surface area contributed by atoms with E-state index in [2.05, 4.69) is 4.98 Å². The van der Waals surface area contributed by atoms with Gasteiger partial charge < -0.3 is 19.0 Å². The van der Waals surface area contributed by atoms with Crippen molar-refractivity contribution in [2.75, 3.05) is 7.11 Å². The van der Waals surface area contributed by atoms with Gasteiger partial charge >= 0.3 is 0 Å². The molecule has 118 valence electrons. The summed E-state index contributed by atoms with van der Waals surface area (Å²) in [5.74, 6) is 2.56. The van der Waals surface area contributed by atoms with Crippen LogP contribution >= 0.6 is 0 Å². The molecule has 1 N–H and O–H groups in total. The second-order valence-electron chi connectivity index (χ2n) is 4.90. The van der Waals surface area contributed by atoms with E-state index in [1.165, 1.54) is 0 Å². The van der Waals surface area contributed by atoms with Crippen molar-refractivity contribution in [3.8, 4) is 22.8 Å². The van der Waals surface area contributed by atoms with Gasteiger partial charge in [-0.2, -0.15) is 0 Å². The first-order valence-electron chi connectivity index (χ1n) is 7.21. The van der Waals surface area contributed by atoms with E-state index in [-0.39, 0.29) is 13.2 Å². The summed E-state index contributed by atoms with van der Waals surface area (Å²) in [7, 11) is 1.63. The molecule has 3 aromatic rings. The van der Waals surface area contributed by atoms with E-state index in [1.807, 2.05) is 42.5 Å². The van der Waals surface area contributed by atoms with E-state index in [0.717, 1.165) is 16.9 Å². The van der Waals surface area contributed by atoms with Crippen LogP contribution in [-0.2, 0) is 13.2 Å². The van der Waals surface area contributed by atoms with Gasteiger partial charge in [-0.15, -0.1) is 0 Å². The summed E-state index contributed by atoms with van der Waals surface area (Å²) in [6.07, 6.45) is 1.67. The van der Waals surface area contributed by atoms with Gasteiger partial charge in [-0.3, -0.25) is 0 Å². The second kappa shape index (κ2) is 6.98. The largest absolute Gasteiger partial charge is 0.497 e. The summed E-state index contributed by atoms with van der Waals surface area (Å²) in [5.41, 5.74) is 1.65. The molecule has 0 spiro atoms. The van der Waals surface area contributed by atoms with Crippen molar-refractivity contribution in [3.05, 3.63) is 66.2 Å². The van der Waals surface area contributed by atoms with Crippen LogP contribution in [0.4, 0.5) is 0 Å². The first-order valence-corrected chi connectivity index (χ1v) is 7.21. The number of aromatic nitrogens is 1. The molecule has 0 saturated carbocycles. The Morgan fingerprint density at radius 1 is 1.09 bits per heavy atom. The normalized spacial score (nSPS) is 10.5. The lowest BCUT2D eigenvalue weighted by atomic mass is 10.2. The van der Waals surface area contributed by atoms with Crippen LogP contribution < -0.4 is 9.47 Å².